The molecule has 78 valence electrons. The highest BCUT2D eigenvalue weighted by molar-refractivity contribution is 5.77. The van der Waals surface area contributed by atoms with Gasteiger partial charge in [-0.3, -0.25) is 4.79 Å². The SMILES string of the molecule is CC.COCC(=O)N1CCNCC1. The van der Waals surface area contributed by atoms with Crippen LogP contribution in [0.1, 0.15) is 13.8 Å². The lowest BCUT2D eigenvalue weighted by Crippen LogP contribution is -2.47. The van der Waals surface area contributed by atoms with Gasteiger partial charge in [-0.2, -0.15) is 0 Å². The first kappa shape index (κ1) is 12.4. The number of nitrogens with zero attached hydrogens (tertiary/aromatic N) is 1. The Hall–Kier alpha value is -0.610. The van der Waals surface area contributed by atoms with Crippen LogP contribution in [-0.2, 0) is 9.53 Å². The fourth-order valence-corrected chi connectivity index (χ4v) is 1.13. The van der Waals surface area contributed by atoms with Crippen molar-refractivity contribution in [1.29, 1.82) is 0 Å². The Labute approximate surface area is 80.2 Å². The Kier molecular flexibility index (Phi) is 7.63. The minimum atomic E-state index is 0.0917. The van der Waals surface area contributed by atoms with Gasteiger partial charge in [0.25, 0.3) is 0 Å². The van der Waals surface area contributed by atoms with Crippen molar-refractivity contribution in [2.75, 3.05) is 39.9 Å². The summed E-state index contributed by atoms with van der Waals surface area (Å²) in [5.41, 5.74) is 0. The fourth-order valence-electron chi connectivity index (χ4n) is 1.13. The highest BCUT2D eigenvalue weighted by Gasteiger charge is 2.14. The molecule has 1 aliphatic heterocycles. The first-order chi connectivity index (χ1) is 6.34. The van der Waals surface area contributed by atoms with Crippen molar-refractivity contribution >= 4 is 5.91 Å². The van der Waals surface area contributed by atoms with Crippen LogP contribution in [0, 0.1) is 0 Å². The smallest absolute Gasteiger partial charge is 0.248 e. The average Bonchev–Trinajstić information content (AvgIpc) is 2.23. The van der Waals surface area contributed by atoms with Gasteiger partial charge in [-0.25, -0.2) is 0 Å². The van der Waals surface area contributed by atoms with Gasteiger partial charge < -0.3 is 15.0 Å². The van der Waals surface area contributed by atoms with Gasteiger partial charge in [0.2, 0.25) is 5.91 Å². The number of rotatable bonds is 2. The van der Waals surface area contributed by atoms with Gasteiger partial charge in [0.15, 0.2) is 0 Å². The topological polar surface area (TPSA) is 41.6 Å². The van der Waals surface area contributed by atoms with Crippen LogP contribution >= 0.6 is 0 Å². The summed E-state index contributed by atoms with van der Waals surface area (Å²) in [5.74, 6) is 0.0917. The number of piperazine rings is 1. The lowest BCUT2D eigenvalue weighted by molar-refractivity contribution is -0.135. The molecule has 0 aromatic heterocycles. The lowest BCUT2D eigenvalue weighted by Gasteiger charge is -2.26. The number of hydrogen-bond acceptors (Lipinski definition) is 3. The van der Waals surface area contributed by atoms with Crippen LogP contribution in [0.3, 0.4) is 0 Å². The molecular weight excluding hydrogens is 168 g/mol. The molecule has 0 bridgehead atoms. The van der Waals surface area contributed by atoms with Gasteiger partial charge in [-0.05, 0) is 0 Å². The van der Waals surface area contributed by atoms with Crippen molar-refractivity contribution in [3.05, 3.63) is 0 Å². The average molecular weight is 188 g/mol. The molecule has 0 radical (unpaired) electrons. The van der Waals surface area contributed by atoms with Crippen LogP contribution in [-0.4, -0.2) is 50.7 Å². The third kappa shape index (κ3) is 4.85. The highest BCUT2D eigenvalue weighted by atomic mass is 16.5. The quantitative estimate of drug-likeness (QED) is 0.668. The second-order valence-corrected chi connectivity index (χ2v) is 2.56. The zero-order valence-electron chi connectivity index (χ0n) is 8.80. The molecule has 4 heteroatoms. The van der Waals surface area contributed by atoms with E-state index >= 15 is 0 Å². The van der Waals surface area contributed by atoms with Gasteiger partial charge in [0.1, 0.15) is 6.61 Å². The summed E-state index contributed by atoms with van der Waals surface area (Å²) in [5, 5.41) is 3.18. The molecule has 1 saturated heterocycles. The summed E-state index contributed by atoms with van der Waals surface area (Å²) in [4.78, 5) is 13.0. The molecule has 0 atom stereocenters. The van der Waals surface area contributed by atoms with E-state index in [4.69, 9.17) is 4.74 Å². The van der Waals surface area contributed by atoms with Gasteiger partial charge >= 0.3 is 0 Å². The molecule has 0 unspecified atom stereocenters. The zero-order valence-corrected chi connectivity index (χ0v) is 8.80. The summed E-state index contributed by atoms with van der Waals surface area (Å²) in [7, 11) is 1.54. The van der Waals surface area contributed by atoms with Gasteiger partial charge in [-0.15, -0.1) is 0 Å². The van der Waals surface area contributed by atoms with Crippen molar-refractivity contribution in [3.63, 3.8) is 0 Å². The summed E-state index contributed by atoms with van der Waals surface area (Å²) in [6.07, 6.45) is 0. The van der Waals surface area contributed by atoms with Crippen molar-refractivity contribution < 1.29 is 9.53 Å². The maximum Gasteiger partial charge on any atom is 0.248 e. The predicted octanol–water partition coefficient (Wildman–Crippen LogP) is 0.0908. The second-order valence-electron chi connectivity index (χ2n) is 2.56. The summed E-state index contributed by atoms with van der Waals surface area (Å²) in [6, 6.07) is 0. The van der Waals surface area contributed by atoms with E-state index < -0.39 is 0 Å². The third-order valence-electron chi connectivity index (χ3n) is 1.74. The molecule has 1 N–H and O–H groups in total. The molecule has 4 nitrogen and oxygen atoms in total. The number of ether oxygens (including phenoxy) is 1. The van der Waals surface area contributed by atoms with Gasteiger partial charge in [0, 0.05) is 33.3 Å². The van der Waals surface area contributed by atoms with E-state index in [1.165, 1.54) is 0 Å². The van der Waals surface area contributed by atoms with Crippen molar-refractivity contribution in [2.45, 2.75) is 13.8 Å². The molecule has 1 rings (SSSR count). The number of methoxy groups -OCH3 is 1. The monoisotopic (exact) mass is 188 g/mol. The minimum absolute atomic E-state index is 0.0917. The first-order valence-electron chi connectivity index (χ1n) is 4.82. The van der Waals surface area contributed by atoms with Crippen LogP contribution in [0.15, 0.2) is 0 Å². The maximum atomic E-state index is 11.2. The largest absolute Gasteiger partial charge is 0.375 e. The van der Waals surface area contributed by atoms with E-state index in [1.54, 1.807) is 7.11 Å². The number of carbonyl (C=O) groups excluding carboxylic acids is 1. The molecular formula is C9H20N2O2. The molecule has 1 fully saturated rings. The Morgan fingerprint density at radius 3 is 2.38 bits per heavy atom. The molecule has 0 aromatic carbocycles. The molecule has 0 aliphatic carbocycles. The number of hydrogen-bond donors (Lipinski definition) is 1. The minimum Gasteiger partial charge on any atom is -0.375 e. The third-order valence-corrected chi connectivity index (χ3v) is 1.74. The molecule has 0 spiro atoms. The van der Waals surface area contributed by atoms with Gasteiger partial charge in [-0.1, -0.05) is 13.8 Å². The van der Waals surface area contributed by atoms with E-state index in [2.05, 4.69) is 5.32 Å². The summed E-state index contributed by atoms with van der Waals surface area (Å²) in [6.45, 7) is 7.62. The predicted molar refractivity (Wildman–Crippen MR) is 52.7 cm³/mol. The van der Waals surface area contributed by atoms with Crippen molar-refractivity contribution in [3.8, 4) is 0 Å². The summed E-state index contributed by atoms with van der Waals surface area (Å²) >= 11 is 0. The van der Waals surface area contributed by atoms with E-state index in [1.807, 2.05) is 18.7 Å². The Morgan fingerprint density at radius 2 is 1.92 bits per heavy atom. The molecule has 1 amide bonds. The van der Waals surface area contributed by atoms with E-state index in [-0.39, 0.29) is 12.5 Å². The van der Waals surface area contributed by atoms with Crippen LogP contribution in [0.4, 0.5) is 0 Å². The standard InChI is InChI=1S/C7H14N2O2.C2H6/c1-11-6-7(10)9-4-2-8-3-5-9;1-2/h8H,2-6H2,1H3;1-2H3. The molecule has 0 saturated carbocycles. The number of amides is 1. The van der Waals surface area contributed by atoms with Crippen molar-refractivity contribution in [2.24, 2.45) is 0 Å². The fraction of sp³-hybridized carbons (Fsp3) is 0.889. The Morgan fingerprint density at radius 1 is 1.38 bits per heavy atom. The maximum absolute atomic E-state index is 11.2. The van der Waals surface area contributed by atoms with Crippen LogP contribution in [0.5, 0.6) is 0 Å². The normalized spacial score (nSPS) is 16.1. The molecule has 0 aromatic rings. The number of carbonyl (C=O) groups is 1. The molecule has 1 aliphatic rings. The van der Waals surface area contributed by atoms with E-state index in [0.717, 1.165) is 26.2 Å². The summed E-state index contributed by atoms with van der Waals surface area (Å²) < 4.78 is 4.75. The number of nitrogens with one attached hydrogen (secondary N) is 1. The van der Waals surface area contributed by atoms with Crippen LogP contribution in [0.2, 0.25) is 0 Å². The lowest BCUT2D eigenvalue weighted by atomic mass is 10.3. The Balaban J connectivity index is 0.000000671. The van der Waals surface area contributed by atoms with E-state index in [0.29, 0.717) is 0 Å². The molecule has 13 heavy (non-hydrogen) atoms. The first-order valence-corrected chi connectivity index (χ1v) is 4.82. The Bertz CT molecular complexity index is 134. The van der Waals surface area contributed by atoms with Crippen LogP contribution < -0.4 is 5.32 Å². The van der Waals surface area contributed by atoms with Gasteiger partial charge in [0.05, 0.1) is 0 Å². The van der Waals surface area contributed by atoms with E-state index in [9.17, 15) is 4.79 Å². The zero-order chi connectivity index (χ0) is 10.1. The second kappa shape index (κ2) is 8.01. The van der Waals surface area contributed by atoms with Crippen molar-refractivity contribution in [1.82, 2.24) is 10.2 Å². The highest BCUT2D eigenvalue weighted by Crippen LogP contribution is 1.92. The van der Waals surface area contributed by atoms with Crippen LogP contribution in [0.25, 0.3) is 0 Å². The molecule has 1 heterocycles.